The quantitative estimate of drug-likeness (QED) is 0.537. The smallest absolute Gasteiger partial charge is 0.311 e. The first-order valence-electron chi connectivity index (χ1n) is 5.07. The van der Waals surface area contributed by atoms with Crippen LogP contribution in [0, 0.1) is 5.41 Å². The molecule has 2 nitrogen and oxygen atoms in total. The van der Waals surface area contributed by atoms with Gasteiger partial charge in [-0.15, -0.1) is 0 Å². The van der Waals surface area contributed by atoms with Crippen molar-refractivity contribution >= 4 is 5.97 Å². The van der Waals surface area contributed by atoms with Crippen LogP contribution in [-0.2, 0) is 9.53 Å². The third kappa shape index (κ3) is 2.04. The van der Waals surface area contributed by atoms with E-state index in [1.54, 1.807) is 0 Å². The van der Waals surface area contributed by atoms with E-state index in [-0.39, 0.29) is 0 Å². The Kier molecular flexibility index (Phi) is 0.963. The van der Waals surface area contributed by atoms with Gasteiger partial charge in [-0.3, -0.25) is 4.79 Å². The molecule has 0 spiro atoms. The van der Waals surface area contributed by atoms with Crippen molar-refractivity contribution in [1.29, 1.82) is 0 Å². The molecule has 0 rings (SSSR count). The molecule has 0 N–H and O–H groups in total. The summed E-state index contributed by atoms with van der Waals surface area (Å²) < 4.78 is 40.6. The van der Waals surface area contributed by atoms with Gasteiger partial charge in [-0.25, -0.2) is 0 Å². The SMILES string of the molecule is [2H]C([2H])([2H])C(C)(C(=O)OC)C([2H])([2H])C. The van der Waals surface area contributed by atoms with Crippen molar-refractivity contribution in [2.24, 2.45) is 5.41 Å². The fourth-order valence-corrected chi connectivity index (χ4v) is 0.306. The second kappa shape index (κ2) is 2.85. The van der Waals surface area contributed by atoms with Gasteiger partial charge in [0.15, 0.2) is 0 Å². The van der Waals surface area contributed by atoms with Crippen LogP contribution < -0.4 is 0 Å². The van der Waals surface area contributed by atoms with E-state index in [2.05, 4.69) is 4.74 Å². The normalized spacial score (nSPS) is 27.7. The maximum Gasteiger partial charge on any atom is 0.311 e. The molecule has 54 valence electrons. The van der Waals surface area contributed by atoms with Crippen LogP contribution in [0.5, 0.6) is 0 Å². The topological polar surface area (TPSA) is 26.3 Å². The van der Waals surface area contributed by atoms with E-state index < -0.39 is 24.6 Å². The third-order valence-electron chi connectivity index (χ3n) is 1.09. The van der Waals surface area contributed by atoms with Gasteiger partial charge in [-0.05, 0) is 20.1 Å². The summed E-state index contributed by atoms with van der Waals surface area (Å²) in [5.41, 5.74) is -2.14. The van der Waals surface area contributed by atoms with Gasteiger partial charge in [0.05, 0.1) is 12.5 Å². The molecule has 0 aliphatic rings. The summed E-state index contributed by atoms with van der Waals surface area (Å²) in [7, 11) is 1.04. The molecule has 1 unspecified atom stereocenters. The lowest BCUT2D eigenvalue weighted by atomic mass is 9.91. The van der Waals surface area contributed by atoms with Crippen LogP contribution in [0.1, 0.15) is 33.9 Å². The van der Waals surface area contributed by atoms with E-state index in [9.17, 15) is 4.79 Å². The minimum absolute atomic E-state index is 1.04. The molecule has 1 atom stereocenters. The number of ether oxygens (including phenoxy) is 1. The molecular weight excluding hydrogens is 116 g/mol. The van der Waals surface area contributed by atoms with Gasteiger partial charge >= 0.3 is 5.97 Å². The largest absolute Gasteiger partial charge is 0.469 e. The first-order chi connectivity index (χ1) is 5.98. The Morgan fingerprint density at radius 3 is 2.67 bits per heavy atom. The summed E-state index contributed by atoms with van der Waals surface area (Å²) in [5.74, 6) is -1.06. The highest BCUT2D eigenvalue weighted by molar-refractivity contribution is 5.75. The maximum absolute atomic E-state index is 11.3. The molecule has 2 heteroatoms. The molecule has 0 heterocycles. The Bertz CT molecular complexity index is 213. The minimum Gasteiger partial charge on any atom is -0.469 e. The van der Waals surface area contributed by atoms with Crippen molar-refractivity contribution in [2.75, 3.05) is 7.11 Å². The average molecular weight is 135 g/mol. The van der Waals surface area contributed by atoms with Crippen molar-refractivity contribution in [3.63, 3.8) is 0 Å². The molecule has 0 radical (unpaired) electrons. The van der Waals surface area contributed by atoms with Crippen molar-refractivity contribution in [3.05, 3.63) is 0 Å². The summed E-state index contributed by atoms with van der Waals surface area (Å²) in [6.07, 6.45) is -2.18. The van der Waals surface area contributed by atoms with Crippen molar-refractivity contribution in [3.8, 4) is 0 Å². The highest BCUT2D eigenvalue weighted by atomic mass is 16.5. The van der Waals surface area contributed by atoms with Gasteiger partial charge in [-0.2, -0.15) is 0 Å². The van der Waals surface area contributed by atoms with E-state index in [0.29, 0.717) is 0 Å². The van der Waals surface area contributed by atoms with Crippen LogP contribution in [0.3, 0.4) is 0 Å². The highest BCUT2D eigenvalue weighted by Crippen LogP contribution is 2.20. The number of rotatable bonds is 2. The monoisotopic (exact) mass is 135 g/mol. The standard InChI is InChI=1S/C7H14O2/c1-5-7(2,3)6(8)9-4/h5H2,1-4H3/i2D3,5D2. The molecule has 0 aliphatic carbocycles. The molecule has 0 bridgehead atoms. The highest BCUT2D eigenvalue weighted by Gasteiger charge is 2.25. The maximum atomic E-state index is 11.3. The van der Waals surface area contributed by atoms with Gasteiger partial charge in [0.1, 0.15) is 0 Å². The fourth-order valence-electron chi connectivity index (χ4n) is 0.306. The van der Waals surface area contributed by atoms with Gasteiger partial charge in [-0.1, -0.05) is 6.92 Å². The Balaban J connectivity index is 5.40. The molecule has 0 aliphatic heterocycles. The Labute approximate surface area is 63.2 Å². The van der Waals surface area contributed by atoms with Crippen LogP contribution >= 0.6 is 0 Å². The summed E-state index contributed by atoms with van der Waals surface area (Å²) in [6.45, 7) is -0.638. The van der Waals surface area contributed by atoms with Gasteiger partial charge in [0.2, 0.25) is 0 Å². The number of carbonyl (C=O) groups is 1. The van der Waals surface area contributed by atoms with Crippen LogP contribution in [-0.4, -0.2) is 13.1 Å². The number of carbonyl (C=O) groups excluding carboxylic acids is 1. The molecular formula is C7H14O2. The van der Waals surface area contributed by atoms with Gasteiger partial charge in [0.25, 0.3) is 0 Å². The Morgan fingerprint density at radius 1 is 2.00 bits per heavy atom. The van der Waals surface area contributed by atoms with Gasteiger partial charge < -0.3 is 4.74 Å². The van der Waals surface area contributed by atoms with E-state index >= 15 is 0 Å². The second-order valence-corrected chi connectivity index (χ2v) is 1.87. The van der Waals surface area contributed by atoms with E-state index in [0.717, 1.165) is 21.0 Å². The zero-order valence-corrected chi connectivity index (χ0v) is 5.82. The van der Waals surface area contributed by atoms with Crippen LogP contribution in [0.4, 0.5) is 0 Å². The molecule has 0 aromatic rings. The predicted octanol–water partition coefficient (Wildman–Crippen LogP) is 1.60. The second-order valence-electron chi connectivity index (χ2n) is 1.87. The van der Waals surface area contributed by atoms with Crippen molar-refractivity contribution in [1.82, 2.24) is 0 Å². The lowest BCUT2D eigenvalue weighted by Gasteiger charge is -2.17. The van der Waals surface area contributed by atoms with E-state index in [4.69, 9.17) is 6.85 Å². The average Bonchev–Trinajstić information content (AvgIpc) is 1.97. The molecule has 0 aromatic carbocycles. The molecule has 0 saturated carbocycles. The van der Waals surface area contributed by atoms with Crippen LogP contribution in [0.25, 0.3) is 0 Å². The molecule has 9 heavy (non-hydrogen) atoms. The number of hydrogen-bond donors (Lipinski definition) is 0. The molecule has 0 fully saturated rings. The Hall–Kier alpha value is -0.530. The first kappa shape index (κ1) is 3.04. The summed E-state index contributed by atoms with van der Waals surface area (Å²) in [4.78, 5) is 11.3. The minimum atomic E-state index is -2.74. The summed E-state index contributed by atoms with van der Waals surface area (Å²) >= 11 is 0. The van der Waals surface area contributed by atoms with Crippen LogP contribution in [0.2, 0.25) is 0 Å². The fraction of sp³-hybridized carbons (Fsp3) is 0.857. The number of hydrogen-bond acceptors (Lipinski definition) is 2. The lowest BCUT2D eigenvalue weighted by Crippen LogP contribution is -2.24. The molecule has 0 aromatic heterocycles. The molecule has 0 amide bonds. The van der Waals surface area contributed by atoms with Crippen LogP contribution in [0.15, 0.2) is 0 Å². The zero-order chi connectivity index (χ0) is 11.8. The molecule has 0 saturated heterocycles. The number of methoxy groups -OCH3 is 1. The van der Waals surface area contributed by atoms with E-state index in [1.165, 1.54) is 0 Å². The van der Waals surface area contributed by atoms with Gasteiger partial charge in [0, 0.05) is 6.85 Å². The predicted molar refractivity (Wildman–Crippen MR) is 36.1 cm³/mol. The van der Waals surface area contributed by atoms with E-state index in [1.807, 2.05) is 0 Å². The Morgan fingerprint density at radius 2 is 2.56 bits per heavy atom. The number of esters is 1. The summed E-state index contributed by atoms with van der Waals surface area (Å²) in [6, 6.07) is 0. The van der Waals surface area contributed by atoms with Crippen molar-refractivity contribution < 1.29 is 16.4 Å². The lowest BCUT2D eigenvalue weighted by molar-refractivity contribution is -0.150. The summed E-state index contributed by atoms with van der Waals surface area (Å²) in [5, 5.41) is 0. The third-order valence-corrected chi connectivity index (χ3v) is 1.09. The first-order valence-corrected chi connectivity index (χ1v) is 2.57. The van der Waals surface area contributed by atoms with Crippen molar-refractivity contribution in [2.45, 2.75) is 27.1 Å². The zero-order valence-electron chi connectivity index (χ0n) is 10.8.